The molecule has 0 spiro atoms. The normalized spacial score (nSPS) is 11.4. The quantitative estimate of drug-likeness (QED) is 0.445. The first-order chi connectivity index (χ1) is 14.5. The highest BCUT2D eigenvalue weighted by Crippen LogP contribution is 2.29. The Bertz CT molecular complexity index is 1190. The Kier molecular flexibility index (Phi) is 5.36. The zero-order valence-corrected chi connectivity index (χ0v) is 17.8. The molecule has 0 radical (unpaired) electrons. The maximum Gasteiger partial charge on any atom is 0.256 e. The van der Waals surface area contributed by atoms with Crippen molar-refractivity contribution in [3.8, 4) is 11.1 Å². The molecule has 0 bridgehead atoms. The van der Waals surface area contributed by atoms with Crippen molar-refractivity contribution in [2.75, 3.05) is 5.32 Å². The van der Waals surface area contributed by atoms with E-state index >= 15 is 0 Å². The van der Waals surface area contributed by atoms with Crippen molar-refractivity contribution in [1.82, 2.24) is 14.8 Å². The number of fused-ring (bicyclic) bond motifs is 1. The van der Waals surface area contributed by atoms with Crippen LogP contribution in [-0.4, -0.2) is 20.7 Å². The average Bonchev–Trinajstić information content (AvgIpc) is 3.18. The van der Waals surface area contributed by atoms with E-state index in [4.69, 9.17) is 4.98 Å². The number of hydrogen-bond donors (Lipinski definition) is 1. The standard InChI is InChI=1S/C25H26N4O/c1-16(2)23-14-20(21-15-26-29(17(3)4)24(21)27-23)25(30)28-22-13-9-8-12-19(22)18-10-6-5-7-11-18/h5-17H,1-4H3,(H,28,30). The van der Waals surface area contributed by atoms with Gasteiger partial charge in [0.15, 0.2) is 5.65 Å². The molecule has 30 heavy (non-hydrogen) atoms. The summed E-state index contributed by atoms with van der Waals surface area (Å²) in [6.07, 6.45) is 1.74. The first kappa shape index (κ1) is 19.8. The molecule has 0 saturated carbocycles. The molecule has 2 aromatic heterocycles. The molecule has 0 saturated heterocycles. The molecule has 1 amide bonds. The highest BCUT2D eigenvalue weighted by molar-refractivity contribution is 6.13. The van der Waals surface area contributed by atoms with Gasteiger partial charge in [0.25, 0.3) is 5.91 Å². The van der Waals surface area contributed by atoms with Crippen LogP contribution in [0.2, 0.25) is 0 Å². The molecule has 0 aliphatic heterocycles. The van der Waals surface area contributed by atoms with Gasteiger partial charge in [-0.1, -0.05) is 62.4 Å². The summed E-state index contributed by atoms with van der Waals surface area (Å²) in [5.74, 6) is 0.0454. The monoisotopic (exact) mass is 398 g/mol. The van der Waals surface area contributed by atoms with E-state index in [-0.39, 0.29) is 17.9 Å². The number of carbonyl (C=O) groups excluding carboxylic acids is 1. The van der Waals surface area contributed by atoms with Crippen molar-refractivity contribution < 1.29 is 4.79 Å². The van der Waals surface area contributed by atoms with Crippen LogP contribution in [0.4, 0.5) is 5.69 Å². The molecule has 4 aromatic rings. The van der Waals surface area contributed by atoms with E-state index in [0.717, 1.165) is 33.5 Å². The Morgan fingerprint density at radius 1 is 0.967 bits per heavy atom. The fraction of sp³-hybridized carbons (Fsp3) is 0.240. The lowest BCUT2D eigenvalue weighted by atomic mass is 10.0. The van der Waals surface area contributed by atoms with E-state index in [1.807, 2.05) is 65.3 Å². The molecular formula is C25H26N4O. The Labute approximate surface area is 176 Å². The SMILES string of the molecule is CC(C)c1cc(C(=O)Nc2ccccc2-c2ccccc2)c2cnn(C(C)C)c2n1. The molecule has 0 fully saturated rings. The third-order valence-corrected chi connectivity index (χ3v) is 5.17. The van der Waals surface area contributed by atoms with E-state index < -0.39 is 0 Å². The first-order valence-corrected chi connectivity index (χ1v) is 10.3. The van der Waals surface area contributed by atoms with Crippen molar-refractivity contribution in [3.05, 3.63) is 78.1 Å². The van der Waals surface area contributed by atoms with E-state index in [0.29, 0.717) is 5.56 Å². The number of aromatic nitrogens is 3. The number of rotatable bonds is 5. The van der Waals surface area contributed by atoms with Crippen LogP contribution in [0.25, 0.3) is 22.2 Å². The number of para-hydroxylation sites is 1. The van der Waals surface area contributed by atoms with Gasteiger partial charge in [0.1, 0.15) is 0 Å². The summed E-state index contributed by atoms with van der Waals surface area (Å²) >= 11 is 0. The molecule has 2 heterocycles. The second kappa shape index (κ2) is 8.11. The van der Waals surface area contributed by atoms with Gasteiger partial charge in [-0.05, 0) is 37.5 Å². The first-order valence-electron chi connectivity index (χ1n) is 10.3. The second-order valence-corrected chi connectivity index (χ2v) is 8.04. The van der Waals surface area contributed by atoms with Gasteiger partial charge in [0.05, 0.1) is 17.1 Å². The van der Waals surface area contributed by atoms with E-state index in [1.54, 1.807) is 6.20 Å². The van der Waals surface area contributed by atoms with E-state index in [2.05, 4.69) is 38.1 Å². The Morgan fingerprint density at radius 3 is 2.37 bits per heavy atom. The number of pyridine rings is 1. The van der Waals surface area contributed by atoms with Gasteiger partial charge in [0.2, 0.25) is 0 Å². The molecule has 0 aliphatic carbocycles. The summed E-state index contributed by atoms with van der Waals surface area (Å²) in [5.41, 5.74) is 5.05. The van der Waals surface area contributed by atoms with Crippen molar-refractivity contribution in [3.63, 3.8) is 0 Å². The van der Waals surface area contributed by atoms with Crippen molar-refractivity contribution in [2.24, 2.45) is 0 Å². The van der Waals surface area contributed by atoms with Crippen LogP contribution in [0.3, 0.4) is 0 Å². The molecule has 1 N–H and O–H groups in total. The molecule has 2 aromatic carbocycles. The predicted molar refractivity (Wildman–Crippen MR) is 122 cm³/mol. The largest absolute Gasteiger partial charge is 0.321 e. The number of hydrogen-bond acceptors (Lipinski definition) is 3. The molecule has 5 nitrogen and oxygen atoms in total. The van der Waals surface area contributed by atoms with Gasteiger partial charge < -0.3 is 5.32 Å². The maximum absolute atomic E-state index is 13.4. The van der Waals surface area contributed by atoms with E-state index in [1.165, 1.54) is 0 Å². The average molecular weight is 399 g/mol. The van der Waals surface area contributed by atoms with Crippen molar-refractivity contribution >= 4 is 22.6 Å². The summed E-state index contributed by atoms with van der Waals surface area (Å²) in [5, 5.41) is 8.37. The van der Waals surface area contributed by atoms with Gasteiger partial charge >= 0.3 is 0 Å². The minimum Gasteiger partial charge on any atom is -0.321 e. The molecule has 0 atom stereocenters. The van der Waals surface area contributed by atoms with Crippen LogP contribution in [0.15, 0.2) is 66.9 Å². The lowest BCUT2D eigenvalue weighted by Gasteiger charge is -2.14. The maximum atomic E-state index is 13.4. The van der Waals surface area contributed by atoms with Gasteiger partial charge in [0, 0.05) is 23.0 Å². The summed E-state index contributed by atoms with van der Waals surface area (Å²) in [7, 11) is 0. The smallest absolute Gasteiger partial charge is 0.256 e. The van der Waals surface area contributed by atoms with Crippen molar-refractivity contribution in [2.45, 2.75) is 39.7 Å². The van der Waals surface area contributed by atoms with Gasteiger partial charge in [-0.2, -0.15) is 5.10 Å². The third-order valence-electron chi connectivity index (χ3n) is 5.17. The van der Waals surface area contributed by atoms with Crippen LogP contribution in [0.5, 0.6) is 0 Å². The molecule has 4 rings (SSSR count). The lowest BCUT2D eigenvalue weighted by Crippen LogP contribution is -2.15. The molecule has 0 aliphatic rings. The van der Waals surface area contributed by atoms with Gasteiger partial charge in [-0.15, -0.1) is 0 Å². The summed E-state index contributed by atoms with van der Waals surface area (Å²) in [6, 6.07) is 20.0. The zero-order valence-electron chi connectivity index (χ0n) is 17.8. The molecule has 5 heteroatoms. The van der Waals surface area contributed by atoms with Gasteiger partial charge in [-0.25, -0.2) is 9.67 Å². The Hall–Kier alpha value is -3.47. The Morgan fingerprint density at radius 2 is 1.67 bits per heavy atom. The number of carbonyl (C=O) groups is 1. The van der Waals surface area contributed by atoms with Crippen LogP contribution < -0.4 is 5.32 Å². The second-order valence-electron chi connectivity index (χ2n) is 8.04. The van der Waals surface area contributed by atoms with Crippen LogP contribution in [0, 0.1) is 0 Å². The topological polar surface area (TPSA) is 59.8 Å². The summed E-state index contributed by atoms with van der Waals surface area (Å²) < 4.78 is 1.87. The number of benzene rings is 2. The highest BCUT2D eigenvalue weighted by atomic mass is 16.1. The Balaban J connectivity index is 1.78. The summed E-state index contributed by atoms with van der Waals surface area (Å²) in [4.78, 5) is 18.2. The fourth-order valence-electron chi connectivity index (χ4n) is 3.55. The molecule has 0 unspecified atom stereocenters. The van der Waals surface area contributed by atoms with Crippen molar-refractivity contribution in [1.29, 1.82) is 0 Å². The fourth-order valence-corrected chi connectivity index (χ4v) is 3.55. The van der Waals surface area contributed by atoms with Crippen LogP contribution >= 0.6 is 0 Å². The number of nitrogens with one attached hydrogen (secondary N) is 1. The summed E-state index contributed by atoms with van der Waals surface area (Å²) in [6.45, 7) is 8.28. The number of amides is 1. The van der Waals surface area contributed by atoms with Crippen LogP contribution in [-0.2, 0) is 0 Å². The minimum absolute atomic E-state index is 0.156. The van der Waals surface area contributed by atoms with Gasteiger partial charge in [-0.3, -0.25) is 4.79 Å². The predicted octanol–water partition coefficient (Wildman–Crippen LogP) is 6.05. The molecule has 152 valence electrons. The van der Waals surface area contributed by atoms with Crippen LogP contribution in [0.1, 0.15) is 55.7 Å². The molecular weight excluding hydrogens is 372 g/mol. The highest BCUT2D eigenvalue weighted by Gasteiger charge is 2.19. The minimum atomic E-state index is -0.156. The third kappa shape index (κ3) is 3.71. The zero-order chi connectivity index (χ0) is 21.3. The van der Waals surface area contributed by atoms with E-state index in [9.17, 15) is 4.79 Å². The number of anilines is 1. The lowest BCUT2D eigenvalue weighted by molar-refractivity contribution is 0.102. The number of nitrogens with zero attached hydrogens (tertiary/aromatic N) is 3.